The van der Waals surface area contributed by atoms with E-state index in [1.54, 1.807) is 0 Å². The molecule has 0 saturated carbocycles. The second-order valence-electron chi connectivity index (χ2n) is 10.3. The number of hydrogen-bond donors (Lipinski definition) is 1. The SMILES string of the molecule is C[C@@H]1CN(c2ncc(C(F)(F)F)cn2)C[C@H](C)N1C(=O)NC1CCN(CCCCc2ccccc2)CC1. The van der Waals surface area contributed by atoms with Crippen LogP contribution < -0.4 is 10.2 Å². The van der Waals surface area contributed by atoms with Crippen LogP contribution in [0.3, 0.4) is 0 Å². The second kappa shape index (κ2) is 12.1. The average molecular weight is 519 g/mol. The minimum atomic E-state index is -4.46. The number of urea groups is 1. The minimum absolute atomic E-state index is 0.0747. The number of likely N-dealkylation sites (tertiary alicyclic amines) is 1. The molecular formula is C27H37F3N6O. The Kier molecular flexibility index (Phi) is 8.89. The van der Waals surface area contributed by atoms with Crippen molar-refractivity contribution < 1.29 is 18.0 Å². The fourth-order valence-corrected chi connectivity index (χ4v) is 5.38. The predicted octanol–water partition coefficient (Wildman–Crippen LogP) is 4.59. The summed E-state index contributed by atoms with van der Waals surface area (Å²) in [4.78, 5) is 27.2. The Hall–Kier alpha value is -2.88. The lowest BCUT2D eigenvalue weighted by Crippen LogP contribution is -2.62. The van der Waals surface area contributed by atoms with E-state index in [1.165, 1.54) is 18.4 Å². The molecule has 0 unspecified atom stereocenters. The number of alkyl halides is 3. The molecule has 202 valence electrons. The molecule has 2 amide bonds. The van der Waals surface area contributed by atoms with E-state index in [2.05, 4.69) is 44.5 Å². The number of aromatic nitrogens is 2. The highest BCUT2D eigenvalue weighted by Gasteiger charge is 2.36. The van der Waals surface area contributed by atoms with Gasteiger partial charge in [-0.15, -0.1) is 0 Å². The number of piperidine rings is 1. The van der Waals surface area contributed by atoms with Gasteiger partial charge in [-0.1, -0.05) is 30.3 Å². The number of hydrogen-bond acceptors (Lipinski definition) is 5. The number of carbonyl (C=O) groups excluding carboxylic acids is 1. The van der Waals surface area contributed by atoms with Gasteiger partial charge in [0.05, 0.1) is 5.56 Å². The van der Waals surface area contributed by atoms with E-state index in [0.29, 0.717) is 13.1 Å². The molecule has 2 aliphatic heterocycles. The Morgan fingerprint density at radius 1 is 1.00 bits per heavy atom. The summed E-state index contributed by atoms with van der Waals surface area (Å²) >= 11 is 0. The summed E-state index contributed by atoms with van der Waals surface area (Å²) in [7, 11) is 0. The van der Waals surface area contributed by atoms with Gasteiger partial charge in [0.1, 0.15) is 0 Å². The fraction of sp³-hybridized carbons (Fsp3) is 0.593. The molecule has 10 heteroatoms. The zero-order valence-electron chi connectivity index (χ0n) is 21.6. The van der Waals surface area contributed by atoms with Crippen molar-refractivity contribution in [3.05, 3.63) is 53.9 Å². The number of rotatable bonds is 7. The van der Waals surface area contributed by atoms with E-state index >= 15 is 0 Å². The van der Waals surface area contributed by atoms with Crippen molar-refractivity contribution in [1.82, 2.24) is 25.1 Å². The maximum Gasteiger partial charge on any atom is 0.419 e. The van der Waals surface area contributed by atoms with Gasteiger partial charge in [0.2, 0.25) is 5.95 Å². The van der Waals surface area contributed by atoms with Crippen LogP contribution in [0.1, 0.15) is 50.7 Å². The summed E-state index contributed by atoms with van der Waals surface area (Å²) in [6.07, 6.45) is 2.50. The van der Waals surface area contributed by atoms with Gasteiger partial charge in [-0.3, -0.25) is 0 Å². The standard InChI is InChI=1S/C27H37F3N6O/c1-20-18-35(25-31-16-23(17-32-25)27(28,29)30)19-21(2)36(20)26(37)33-24-11-14-34(15-12-24)13-7-6-10-22-8-4-3-5-9-22/h3-5,8-9,16-17,20-21,24H,6-7,10-15,18-19H2,1-2H3,(H,33,37)/t20-,21+. The quantitative estimate of drug-likeness (QED) is 0.543. The molecule has 0 bridgehead atoms. The van der Waals surface area contributed by atoms with Gasteiger partial charge in [-0.2, -0.15) is 13.2 Å². The number of aryl methyl sites for hydroxylation is 1. The molecule has 2 aliphatic rings. The Morgan fingerprint density at radius 2 is 1.62 bits per heavy atom. The van der Waals surface area contributed by atoms with Crippen LogP contribution in [-0.4, -0.2) is 76.6 Å². The number of halogens is 3. The van der Waals surface area contributed by atoms with Crippen molar-refractivity contribution in [2.24, 2.45) is 0 Å². The van der Waals surface area contributed by atoms with Crippen LogP contribution in [0.2, 0.25) is 0 Å². The second-order valence-corrected chi connectivity index (χ2v) is 10.3. The highest BCUT2D eigenvalue weighted by Crippen LogP contribution is 2.29. The predicted molar refractivity (Wildman–Crippen MR) is 137 cm³/mol. The zero-order chi connectivity index (χ0) is 26.4. The Balaban J connectivity index is 1.19. The maximum atomic E-state index is 13.1. The number of unbranched alkanes of at least 4 members (excludes halogenated alkanes) is 1. The number of amides is 2. The summed E-state index contributed by atoms with van der Waals surface area (Å²) in [6, 6.07) is 10.4. The van der Waals surface area contributed by atoms with E-state index in [4.69, 9.17) is 0 Å². The molecule has 0 spiro atoms. The fourth-order valence-electron chi connectivity index (χ4n) is 5.38. The number of nitrogens with zero attached hydrogens (tertiary/aromatic N) is 5. The number of nitrogens with one attached hydrogen (secondary N) is 1. The molecule has 1 aromatic carbocycles. The molecule has 1 N–H and O–H groups in total. The summed E-state index contributed by atoms with van der Waals surface area (Å²) in [6.45, 7) is 7.89. The average Bonchev–Trinajstić information content (AvgIpc) is 2.87. The lowest BCUT2D eigenvalue weighted by molar-refractivity contribution is -0.138. The number of benzene rings is 1. The smallest absolute Gasteiger partial charge is 0.337 e. The lowest BCUT2D eigenvalue weighted by Gasteiger charge is -2.45. The first-order valence-corrected chi connectivity index (χ1v) is 13.2. The van der Waals surface area contributed by atoms with Gasteiger partial charge in [0.15, 0.2) is 0 Å². The van der Waals surface area contributed by atoms with Crippen molar-refractivity contribution in [3.8, 4) is 0 Å². The van der Waals surface area contributed by atoms with Crippen molar-refractivity contribution in [1.29, 1.82) is 0 Å². The molecule has 2 aromatic rings. The number of anilines is 1. The van der Waals surface area contributed by atoms with Crippen molar-refractivity contribution in [2.45, 2.75) is 70.3 Å². The molecule has 7 nitrogen and oxygen atoms in total. The van der Waals surface area contributed by atoms with Crippen LogP contribution in [-0.2, 0) is 12.6 Å². The molecule has 2 fully saturated rings. The number of piperazine rings is 1. The largest absolute Gasteiger partial charge is 0.419 e. The lowest BCUT2D eigenvalue weighted by atomic mass is 10.0. The third kappa shape index (κ3) is 7.34. The molecule has 3 heterocycles. The Morgan fingerprint density at radius 3 is 2.22 bits per heavy atom. The Labute approximate surface area is 217 Å². The molecular weight excluding hydrogens is 481 g/mol. The van der Waals surface area contributed by atoms with Gasteiger partial charge < -0.3 is 20.0 Å². The monoisotopic (exact) mass is 518 g/mol. The van der Waals surface area contributed by atoms with Crippen molar-refractivity contribution in [3.63, 3.8) is 0 Å². The number of carbonyl (C=O) groups is 1. The van der Waals surface area contributed by atoms with Crippen LogP contribution in [0.25, 0.3) is 0 Å². The third-order valence-corrected chi connectivity index (χ3v) is 7.35. The van der Waals surface area contributed by atoms with Gasteiger partial charge in [0.25, 0.3) is 0 Å². The van der Waals surface area contributed by atoms with E-state index in [0.717, 1.165) is 51.3 Å². The van der Waals surface area contributed by atoms with E-state index in [9.17, 15) is 18.0 Å². The van der Waals surface area contributed by atoms with E-state index in [-0.39, 0.29) is 30.1 Å². The highest BCUT2D eigenvalue weighted by molar-refractivity contribution is 5.75. The summed E-state index contributed by atoms with van der Waals surface area (Å²) < 4.78 is 38.5. The van der Waals surface area contributed by atoms with E-state index < -0.39 is 11.7 Å². The highest BCUT2D eigenvalue weighted by atomic mass is 19.4. The van der Waals surface area contributed by atoms with Crippen LogP contribution in [0, 0.1) is 0 Å². The molecule has 1 aromatic heterocycles. The third-order valence-electron chi connectivity index (χ3n) is 7.35. The minimum Gasteiger partial charge on any atom is -0.337 e. The van der Waals surface area contributed by atoms with Crippen LogP contribution in [0.5, 0.6) is 0 Å². The molecule has 4 rings (SSSR count). The van der Waals surface area contributed by atoms with Gasteiger partial charge in [-0.25, -0.2) is 14.8 Å². The van der Waals surface area contributed by atoms with Crippen LogP contribution in [0.15, 0.2) is 42.7 Å². The summed E-state index contributed by atoms with van der Waals surface area (Å²) in [5, 5.41) is 3.22. The molecule has 2 saturated heterocycles. The van der Waals surface area contributed by atoms with Gasteiger partial charge >= 0.3 is 12.2 Å². The molecule has 0 aliphatic carbocycles. The van der Waals surface area contributed by atoms with E-state index in [1.807, 2.05) is 29.7 Å². The zero-order valence-corrected chi connectivity index (χ0v) is 21.6. The van der Waals surface area contributed by atoms with Gasteiger partial charge in [0, 0.05) is 56.7 Å². The first-order chi connectivity index (χ1) is 17.7. The first kappa shape index (κ1) is 27.2. The molecule has 2 atom stereocenters. The summed E-state index contributed by atoms with van der Waals surface area (Å²) in [5.74, 6) is 0.253. The normalized spacial score (nSPS) is 21.8. The Bertz CT molecular complexity index is 983. The molecule has 37 heavy (non-hydrogen) atoms. The van der Waals surface area contributed by atoms with Crippen molar-refractivity contribution in [2.75, 3.05) is 37.6 Å². The van der Waals surface area contributed by atoms with Crippen LogP contribution >= 0.6 is 0 Å². The first-order valence-electron chi connectivity index (χ1n) is 13.2. The van der Waals surface area contributed by atoms with Crippen LogP contribution in [0.4, 0.5) is 23.9 Å². The van der Waals surface area contributed by atoms with Crippen molar-refractivity contribution >= 4 is 12.0 Å². The summed E-state index contributed by atoms with van der Waals surface area (Å²) in [5.41, 5.74) is 0.522. The van der Waals surface area contributed by atoms with Gasteiger partial charge in [-0.05, 0) is 58.1 Å². The molecule has 0 radical (unpaired) electrons. The maximum absolute atomic E-state index is 13.1. The topological polar surface area (TPSA) is 64.6 Å².